The van der Waals surface area contributed by atoms with Gasteiger partial charge in [0.15, 0.2) is 0 Å². The lowest BCUT2D eigenvalue weighted by molar-refractivity contribution is -0.125. The second-order valence-electron chi connectivity index (χ2n) is 4.88. The maximum Gasteiger partial charge on any atom is 0.324 e. The van der Waals surface area contributed by atoms with Gasteiger partial charge in [-0.15, -0.1) is 0 Å². The summed E-state index contributed by atoms with van der Waals surface area (Å²) in [5, 5.41) is 2.52. The number of likely N-dealkylation sites (N-methyl/N-ethyl adjacent to an activating group) is 1. The quantitative estimate of drug-likeness (QED) is 0.798. The van der Waals surface area contributed by atoms with Crippen molar-refractivity contribution in [3.8, 4) is 0 Å². The van der Waals surface area contributed by atoms with E-state index in [4.69, 9.17) is 0 Å². The Morgan fingerprint density at radius 1 is 1.25 bits per heavy atom. The van der Waals surface area contributed by atoms with E-state index in [1.165, 1.54) is 10.5 Å². The van der Waals surface area contributed by atoms with Crippen molar-refractivity contribution in [2.45, 2.75) is 6.42 Å². The molecule has 0 saturated carbocycles. The standard InChI is InChI=1S/C14H18BrN3O2/c1-17(7-6-11-2-4-12(15)5-3-11)8-9-18-13(19)10-16-14(18)20/h2-5H,6-10H2,1H3,(H,16,20). The smallest absolute Gasteiger partial charge is 0.324 e. The van der Waals surface area contributed by atoms with Gasteiger partial charge in [-0.1, -0.05) is 28.1 Å². The molecule has 1 aliphatic heterocycles. The first-order chi connectivity index (χ1) is 9.56. The fourth-order valence-corrected chi connectivity index (χ4v) is 2.30. The number of benzene rings is 1. The average Bonchev–Trinajstić information content (AvgIpc) is 2.75. The molecule has 0 spiro atoms. The van der Waals surface area contributed by atoms with Crippen LogP contribution in [0.5, 0.6) is 0 Å². The van der Waals surface area contributed by atoms with Crippen molar-refractivity contribution in [3.63, 3.8) is 0 Å². The minimum atomic E-state index is -0.281. The van der Waals surface area contributed by atoms with Gasteiger partial charge >= 0.3 is 6.03 Å². The summed E-state index contributed by atoms with van der Waals surface area (Å²) in [5.41, 5.74) is 1.27. The fourth-order valence-electron chi connectivity index (χ4n) is 2.04. The highest BCUT2D eigenvalue weighted by Gasteiger charge is 2.27. The molecule has 0 radical (unpaired) electrons. The summed E-state index contributed by atoms with van der Waals surface area (Å²) in [6.45, 7) is 2.16. The molecule has 1 saturated heterocycles. The SMILES string of the molecule is CN(CCc1ccc(Br)cc1)CCN1C(=O)CNC1=O. The van der Waals surface area contributed by atoms with Crippen LogP contribution in [0.25, 0.3) is 0 Å². The topological polar surface area (TPSA) is 52.6 Å². The van der Waals surface area contributed by atoms with Crippen LogP contribution in [0.1, 0.15) is 5.56 Å². The molecule has 1 aromatic rings. The summed E-state index contributed by atoms with van der Waals surface area (Å²) in [4.78, 5) is 26.2. The van der Waals surface area contributed by atoms with Gasteiger partial charge in [0.2, 0.25) is 5.91 Å². The molecule has 0 aliphatic carbocycles. The lowest BCUT2D eigenvalue weighted by Crippen LogP contribution is -2.38. The Kier molecular flexibility index (Phi) is 5.14. The molecule has 0 unspecified atom stereocenters. The van der Waals surface area contributed by atoms with E-state index in [0.717, 1.165) is 17.4 Å². The number of carbonyl (C=O) groups is 2. The summed E-state index contributed by atoms with van der Waals surface area (Å²) >= 11 is 3.41. The monoisotopic (exact) mass is 339 g/mol. The molecule has 5 nitrogen and oxygen atoms in total. The number of hydrogen-bond acceptors (Lipinski definition) is 3. The van der Waals surface area contributed by atoms with Crippen LogP contribution in [0, 0.1) is 0 Å². The maximum absolute atomic E-state index is 11.4. The number of urea groups is 1. The van der Waals surface area contributed by atoms with Crippen LogP contribution in [-0.4, -0.2) is 55.0 Å². The number of halogens is 1. The molecule has 0 bridgehead atoms. The van der Waals surface area contributed by atoms with Crippen LogP contribution in [-0.2, 0) is 11.2 Å². The number of hydrogen-bond donors (Lipinski definition) is 1. The van der Waals surface area contributed by atoms with Crippen LogP contribution < -0.4 is 5.32 Å². The van der Waals surface area contributed by atoms with Crippen LogP contribution in [0.3, 0.4) is 0 Å². The van der Waals surface area contributed by atoms with Crippen LogP contribution >= 0.6 is 15.9 Å². The molecule has 0 atom stereocenters. The molecule has 2 rings (SSSR count). The first-order valence-electron chi connectivity index (χ1n) is 6.57. The third kappa shape index (κ3) is 4.05. The zero-order valence-electron chi connectivity index (χ0n) is 11.4. The third-order valence-corrected chi connectivity index (χ3v) is 3.87. The summed E-state index contributed by atoms with van der Waals surface area (Å²) < 4.78 is 1.08. The highest BCUT2D eigenvalue weighted by atomic mass is 79.9. The summed E-state index contributed by atoms with van der Waals surface area (Å²) in [7, 11) is 2.00. The summed E-state index contributed by atoms with van der Waals surface area (Å²) in [6, 6.07) is 7.96. The molecule has 0 aromatic heterocycles. The second kappa shape index (κ2) is 6.85. The maximum atomic E-state index is 11.4. The summed E-state index contributed by atoms with van der Waals surface area (Å²) in [5.74, 6) is -0.142. The number of imide groups is 1. The Balaban J connectivity index is 1.72. The highest BCUT2D eigenvalue weighted by Crippen LogP contribution is 2.11. The Morgan fingerprint density at radius 3 is 2.55 bits per heavy atom. The molecule has 1 N–H and O–H groups in total. The highest BCUT2D eigenvalue weighted by molar-refractivity contribution is 9.10. The normalized spacial score (nSPS) is 15.1. The molecule has 1 fully saturated rings. The van der Waals surface area contributed by atoms with Crippen molar-refractivity contribution in [1.29, 1.82) is 0 Å². The fraction of sp³-hybridized carbons (Fsp3) is 0.429. The lowest BCUT2D eigenvalue weighted by atomic mass is 10.1. The zero-order chi connectivity index (χ0) is 14.5. The molecule has 1 aromatic carbocycles. The first-order valence-corrected chi connectivity index (χ1v) is 7.37. The van der Waals surface area contributed by atoms with E-state index in [1.54, 1.807) is 0 Å². The second-order valence-corrected chi connectivity index (χ2v) is 5.80. The average molecular weight is 340 g/mol. The predicted octanol–water partition coefficient (Wildman–Crippen LogP) is 1.48. The van der Waals surface area contributed by atoms with E-state index in [9.17, 15) is 9.59 Å². The van der Waals surface area contributed by atoms with Crippen molar-refractivity contribution in [3.05, 3.63) is 34.3 Å². The van der Waals surface area contributed by atoms with E-state index >= 15 is 0 Å². The van der Waals surface area contributed by atoms with Crippen molar-refractivity contribution >= 4 is 27.9 Å². The van der Waals surface area contributed by atoms with Crippen LogP contribution in [0.15, 0.2) is 28.7 Å². The van der Waals surface area contributed by atoms with E-state index in [1.807, 2.05) is 19.2 Å². The lowest BCUT2D eigenvalue weighted by Gasteiger charge is -2.19. The van der Waals surface area contributed by atoms with Gasteiger partial charge in [-0.2, -0.15) is 0 Å². The predicted molar refractivity (Wildman–Crippen MR) is 80.5 cm³/mol. The summed E-state index contributed by atoms with van der Waals surface area (Å²) in [6.07, 6.45) is 0.948. The number of carbonyl (C=O) groups excluding carboxylic acids is 2. The molecule has 6 heteroatoms. The number of amides is 3. The van der Waals surface area contributed by atoms with Gasteiger partial charge in [0, 0.05) is 24.1 Å². The van der Waals surface area contributed by atoms with Gasteiger partial charge in [-0.05, 0) is 31.2 Å². The molecule has 3 amide bonds. The van der Waals surface area contributed by atoms with Gasteiger partial charge in [-0.25, -0.2) is 4.79 Å². The molecular formula is C14H18BrN3O2. The minimum absolute atomic E-state index is 0.126. The molecule has 108 valence electrons. The van der Waals surface area contributed by atoms with E-state index in [0.29, 0.717) is 13.1 Å². The van der Waals surface area contributed by atoms with Crippen LogP contribution in [0.4, 0.5) is 4.79 Å². The number of nitrogens with zero attached hydrogens (tertiary/aromatic N) is 2. The van der Waals surface area contributed by atoms with Crippen LogP contribution in [0.2, 0.25) is 0 Å². The van der Waals surface area contributed by atoms with Crippen molar-refractivity contribution in [2.75, 3.05) is 33.2 Å². The minimum Gasteiger partial charge on any atom is -0.329 e. The molecule has 20 heavy (non-hydrogen) atoms. The number of nitrogens with one attached hydrogen (secondary N) is 1. The van der Waals surface area contributed by atoms with E-state index < -0.39 is 0 Å². The van der Waals surface area contributed by atoms with E-state index in [2.05, 4.69) is 38.3 Å². The Bertz CT molecular complexity index is 474. The Labute approximate surface area is 127 Å². The van der Waals surface area contributed by atoms with Crippen molar-refractivity contribution in [1.82, 2.24) is 15.1 Å². The van der Waals surface area contributed by atoms with Gasteiger partial charge in [0.1, 0.15) is 0 Å². The van der Waals surface area contributed by atoms with Gasteiger partial charge < -0.3 is 10.2 Å². The third-order valence-electron chi connectivity index (χ3n) is 3.34. The largest absolute Gasteiger partial charge is 0.329 e. The molecular weight excluding hydrogens is 322 g/mol. The zero-order valence-corrected chi connectivity index (χ0v) is 13.0. The van der Waals surface area contributed by atoms with Crippen molar-refractivity contribution in [2.24, 2.45) is 0 Å². The Hall–Kier alpha value is -1.40. The van der Waals surface area contributed by atoms with Gasteiger partial charge in [0.25, 0.3) is 0 Å². The Morgan fingerprint density at radius 2 is 1.95 bits per heavy atom. The molecule has 1 heterocycles. The van der Waals surface area contributed by atoms with Crippen molar-refractivity contribution < 1.29 is 9.59 Å². The number of rotatable bonds is 6. The van der Waals surface area contributed by atoms with Gasteiger partial charge in [-0.3, -0.25) is 9.69 Å². The first kappa shape index (κ1) is 15.0. The van der Waals surface area contributed by atoms with E-state index in [-0.39, 0.29) is 18.5 Å². The van der Waals surface area contributed by atoms with Gasteiger partial charge in [0.05, 0.1) is 6.54 Å². The molecule has 1 aliphatic rings.